The van der Waals surface area contributed by atoms with Gasteiger partial charge in [0.05, 0.1) is 6.33 Å². The van der Waals surface area contributed by atoms with Crippen LogP contribution in [0, 0.1) is 5.92 Å². The molecule has 0 radical (unpaired) electrons. The number of nitrogen functional groups attached to an aromatic ring is 2. The molecule has 6 rings (SSSR count). The third kappa shape index (κ3) is 5.76. The lowest BCUT2D eigenvalue weighted by atomic mass is 9.93. The quantitative estimate of drug-likeness (QED) is 0.249. The van der Waals surface area contributed by atoms with E-state index in [-0.39, 0.29) is 30.5 Å². The number of hydrogen-bond donors (Lipinski definition) is 5. The van der Waals surface area contributed by atoms with Crippen molar-refractivity contribution in [3.05, 3.63) is 42.0 Å². The van der Waals surface area contributed by atoms with E-state index in [2.05, 4.69) is 20.3 Å². The van der Waals surface area contributed by atoms with Gasteiger partial charge in [0.25, 0.3) is 5.91 Å². The number of aliphatic hydroxyl groups excluding tert-OH is 2. The standard InChI is InChI=1S/C27H34N8O6/c28-16-3-1-15(2-4-16)12-40-27(39)34-9-7-14(8-10-34)11-18-32-23(29)19-24(33-18)35(13-30-19)26-21(37)20(36)22(41-26)25(38)31-17-5-6-17/h1-4,13-14,17,20-22,26,36-37H,5-12,28H2,(H,31,38)(H2,29,32,33)/t20?,21?,22-,26+/m0/s1. The van der Waals surface area contributed by atoms with Crippen LogP contribution in [0.4, 0.5) is 16.3 Å². The number of rotatable bonds is 7. The summed E-state index contributed by atoms with van der Waals surface area (Å²) in [5.74, 6) is 0.442. The van der Waals surface area contributed by atoms with Crippen LogP contribution in [0.3, 0.4) is 0 Å². The summed E-state index contributed by atoms with van der Waals surface area (Å²) in [7, 11) is 0. The molecule has 1 saturated carbocycles. The van der Waals surface area contributed by atoms with Crippen molar-refractivity contribution in [2.24, 2.45) is 5.92 Å². The summed E-state index contributed by atoms with van der Waals surface area (Å²) in [5, 5.41) is 24.0. The number of nitrogens with one attached hydrogen (secondary N) is 1. The molecule has 1 aromatic carbocycles. The average Bonchev–Trinajstić information content (AvgIpc) is 3.60. The monoisotopic (exact) mass is 566 g/mol. The zero-order valence-electron chi connectivity index (χ0n) is 22.4. The molecule has 2 unspecified atom stereocenters. The first kappa shape index (κ1) is 27.2. The molecule has 3 aromatic rings. The number of benzene rings is 1. The molecular weight excluding hydrogens is 532 g/mol. The van der Waals surface area contributed by atoms with E-state index in [4.69, 9.17) is 20.9 Å². The molecule has 14 nitrogen and oxygen atoms in total. The summed E-state index contributed by atoms with van der Waals surface area (Å²) in [4.78, 5) is 40.2. The van der Waals surface area contributed by atoms with Crippen molar-refractivity contribution in [2.75, 3.05) is 24.6 Å². The molecule has 218 valence electrons. The fraction of sp³-hybridized carbons (Fsp3) is 0.519. The summed E-state index contributed by atoms with van der Waals surface area (Å²) in [6.07, 6.45) is -0.212. The van der Waals surface area contributed by atoms with Crippen LogP contribution in [-0.4, -0.2) is 84.1 Å². The fourth-order valence-corrected chi connectivity index (χ4v) is 5.31. The van der Waals surface area contributed by atoms with E-state index in [1.807, 2.05) is 12.1 Å². The Morgan fingerprint density at radius 2 is 1.78 bits per heavy atom. The normalized spacial score (nSPS) is 25.0. The van der Waals surface area contributed by atoms with Crippen LogP contribution in [0.15, 0.2) is 30.6 Å². The number of nitrogens with zero attached hydrogens (tertiary/aromatic N) is 5. The van der Waals surface area contributed by atoms with Crippen molar-refractivity contribution in [3.63, 3.8) is 0 Å². The molecule has 0 bridgehead atoms. The molecule has 1 aliphatic carbocycles. The molecule has 2 aliphatic heterocycles. The van der Waals surface area contributed by atoms with Gasteiger partial charge in [0, 0.05) is 31.2 Å². The van der Waals surface area contributed by atoms with Crippen LogP contribution in [0.1, 0.15) is 43.3 Å². The fourth-order valence-electron chi connectivity index (χ4n) is 5.31. The lowest BCUT2D eigenvalue weighted by Gasteiger charge is -2.31. The Morgan fingerprint density at radius 1 is 1.05 bits per heavy atom. The first-order valence-electron chi connectivity index (χ1n) is 13.8. The number of imidazole rings is 1. The van der Waals surface area contributed by atoms with Crippen LogP contribution >= 0.6 is 0 Å². The number of aromatic nitrogens is 4. The Labute approximate surface area is 235 Å². The van der Waals surface area contributed by atoms with Crippen molar-refractivity contribution < 1.29 is 29.3 Å². The maximum atomic E-state index is 12.6. The van der Waals surface area contributed by atoms with Gasteiger partial charge in [-0.3, -0.25) is 9.36 Å². The number of anilines is 2. The second kappa shape index (κ2) is 11.1. The lowest BCUT2D eigenvalue weighted by molar-refractivity contribution is -0.137. The van der Waals surface area contributed by atoms with Crippen LogP contribution in [0.5, 0.6) is 0 Å². The number of fused-ring (bicyclic) bond motifs is 1. The first-order chi connectivity index (χ1) is 19.8. The topological polar surface area (TPSA) is 204 Å². The van der Waals surface area contributed by atoms with E-state index in [0.29, 0.717) is 42.2 Å². The minimum atomic E-state index is -1.40. The maximum Gasteiger partial charge on any atom is 0.410 e. The predicted octanol–water partition coefficient (Wildman–Crippen LogP) is 0.480. The van der Waals surface area contributed by atoms with E-state index in [1.54, 1.807) is 17.0 Å². The number of aliphatic hydroxyl groups is 2. The van der Waals surface area contributed by atoms with Crippen molar-refractivity contribution in [1.29, 1.82) is 0 Å². The van der Waals surface area contributed by atoms with Crippen molar-refractivity contribution >= 4 is 34.7 Å². The van der Waals surface area contributed by atoms with Gasteiger partial charge in [0.1, 0.15) is 30.2 Å². The number of ether oxygens (including phenoxy) is 2. The van der Waals surface area contributed by atoms with E-state index in [1.165, 1.54) is 10.9 Å². The minimum absolute atomic E-state index is 0.0887. The van der Waals surface area contributed by atoms with Crippen molar-refractivity contribution in [1.82, 2.24) is 29.7 Å². The van der Waals surface area contributed by atoms with Gasteiger partial charge in [-0.1, -0.05) is 12.1 Å². The van der Waals surface area contributed by atoms with E-state index >= 15 is 0 Å². The van der Waals surface area contributed by atoms with Gasteiger partial charge >= 0.3 is 6.09 Å². The Kier molecular flexibility index (Phi) is 7.36. The maximum absolute atomic E-state index is 12.6. The molecule has 14 heteroatoms. The largest absolute Gasteiger partial charge is 0.445 e. The Hall–Kier alpha value is -4.01. The molecule has 4 atom stereocenters. The number of piperidine rings is 1. The average molecular weight is 567 g/mol. The number of amides is 2. The zero-order valence-corrected chi connectivity index (χ0v) is 22.4. The van der Waals surface area contributed by atoms with Crippen LogP contribution in [-0.2, 0) is 27.3 Å². The van der Waals surface area contributed by atoms with E-state index < -0.39 is 30.4 Å². The number of hydrogen-bond acceptors (Lipinski definition) is 11. The van der Waals surface area contributed by atoms with Crippen LogP contribution < -0.4 is 16.8 Å². The van der Waals surface area contributed by atoms with Gasteiger partial charge in [-0.2, -0.15) is 0 Å². The predicted molar refractivity (Wildman–Crippen MR) is 146 cm³/mol. The Bertz CT molecular complexity index is 1420. The highest BCUT2D eigenvalue weighted by Gasteiger charge is 2.48. The van der Waals surface area contributed by atoms with E-state index in [0.717, 1.165) is 31.2 Å². The molecule has 2 saturated heterocycles. The number of carbonyl (C=O) groups is 2. The van der Waals surface area contributed by atoms with Gasteiger partial charge in [-0.05, 0) is 49.3 Å². The lowest BCUT2D eigenvalue weighted by Crippen LogP contribution is -2.43. The highest BCUT2D eigenvalue weighted by molar-refractivity contribution is 5.83. The SMILES string of the molecule is Nc1ccc(COC(=O)N2CCC(Cc3nc(N)c4ncn([C@@H]5O[C@H](C(=O)NC6CC6)C(O)C5O)c4n3)CC2)cc1. The van der Waals surface area contributed by atoms with Gasteiger partial charge in [0.15, 0.2) is 23.8 Å². The molecule has 7 N–H and O–H groups in total. The number of carbonyl (C=O) groups excluding carboxylic acids is 2. The van der Waals surface area contributed by atoms with Gasteiger partial charge in [-0.15, -0.1) is 0 Å². The molecule has 0 spiro atoms. The first-order valence-corrected chi connectivity index (χ1v) is 13.8. The molecule has 2 aromatic heterocycles. The van der Waals surface area contributed by atoms with Gasteiger partial charge < -0.3 is 41.4 Å². The summed E-state index contributed by atoms with van der Waals surface area (Å²) in [6, 6.07) is 7.28. The Morgan fingerprint density at radius 3 is 2.49 bits per heavy atom. The number of nitrogens with two attached hydrogens (primary N) is 2. The molecule has 4 heterocycles. The van der Waals surface area contributed by atoms with Crippen LogP contribution in [0.25, 0.3) is 11.2 Å². The zero-order chi connectivity index (χ0) is 28.7. The molecule has 3 aliphatic rings. The third-order valence-electron chi connectivity index (χ3n) is 7.88. The highest BCUT2D eigenvalue weighted by atomic mass is 16.6. The summed E-state index contributed by atoms with van der Waals surface area (Å²) in [6.45, 7) is 1.28. The summed E-state index contributed by atoms with van der Waals surface area (Å²) >= 11 is 0. The summed E-state index contributed by atoms with van der Waals surface area (Å²) < 4.78 is 12.7. The second-order valence-electron chi connectivity index (χ2n) is 11.0. The molecule has 41 heavy (non-hydrogen) atoms. The van der Waals surface area contributed by atoms with Crippen molar-refractivity contribution in [3.8, 4) is 0 Å². The third-order valence-corrected chi connectivity index (χ3v) is 7.88. The molecule has 2 amide bonds. The molecular formula is C27H34N8O6. The van der Waals surface area contributed by atoms with E-state index in [9.17, 15) is 19.8 Å². The Balaban J connectivity index is 1.08. The second-order valence-corrected chi connectivity index (χ2v) is 11.0. The van der Waals surface area contributed by atoms with Crippen molar-refractivity contribution in [2.45, 2.75) is 69.3 Å². The summed E-state index contributed by atoms with van der Waals surface area (Å²) in [5.41, 5.74) is 14.1. The minimum Gasteiger partial charge on any atom is -0.445 e. The number of likely N-dealkylation sites (tertiary alicyclic amines) is 1. The van der Waals surface area contributed by atoms with Gasteiger partial charge in [-0.25, -0.2) is 19.7 Å². The van der Waals surface area contributed by atoms with Gasteiger partial charge in [0.2, 0.25) is 0 Å². The smallest absolute Gasteiger partial charge is 0.410 e. The highest BCUT2D eigenvalue weighted by Crippen LogP contribution is 2.33. The molecule has 3 fully saturated rings. The van der Waals surface area contributed by atoms with Crippen LogP contribution in [0.2, 0.25) is 0 Å².